The van der Waals surface area contributed by atoms with E-state index in [-0.39, 0.29) is 24.4 Å². The smallest absolute Gasteiger partial charge is 0.275 e. The highest BCUT2D eigenvalue weighted by atomic mass is 79.9. The molecule has 0 fully saturated rings. The van der Waals surface area contributed by atoms with E-state index >= 15 is 0 Å². The van der Waals surface area contributed by atoms with Crippen LogP contribution in [0, 0.1) is 0 Å². The van der Waals surface area contributed by atoms with Crippen LogP contribution in [0.4, 0.5) is 0 Å². The molecular formula is C16H25BrN3O3+. The summed E-state index contributed by atoms with van der Waals surface area (Å²) in [6.07, 6.45) is 0. The number of hydrogen-bond donors (Lipinski definition) is 3. The molecule has 0 aliphatic carbocycles. The SMILES string of the molecule is CC(C)NC(=O)CNC(=O)C[NH+](C)CCOc1ccc(Br)cc1. The molecule has 1 aromatic carbocycles. The lowest BCUT2D eigenvalue weighted by Crippen LogP contribution is -3.10. The monoisotopic (exact) mass is 386 g/mol. The Morgan fingerprint density at radius 3 is 2.48 bits per heavy atom. The fourth-order valence-corrected chi connectivity index (χ4v) is 2.12. The van der Waals surface area contributed by atoms with Crippen LogP contribution in [-0.4, -0.2) is 51.1 Å². The molecule has 0 aliphatic rings. The minimum Gasteiger partial charge on any atom is -0.488 e. The van der Waals surface area contributed by atoms with Crippen molar-refractivity contribution in [2.24, 2.45) is 0 Å². The maximum absolute atomic E-state index is 11.8. The summed E-state index contributed by atoms with van der Waals surface area (Å²) in [5, 5.41) is 5.34. The van der Waals surface area contributed by atoms with Gasteiger partial charge in [0.15, 0.2) is 6.54 Å². The number of benzene rings is 1. The van der Waals surface area contributed by atoms with Crippen LogP contribution in [0.5, 0.6) is 5.75 Å². The first-order valence-electron chi connectivity index (χ1n) is 7.62. The summed E-state index contributed by atoms with van der Waals surface area (Å²) in [6.45, 7) is 5.29. The van der Waals surface area contributed by atoms with Gasteiger partial charge in [0.1, 0.15) is 18.9 Å². The Bertz CT molecular complexity index is 506. The number of rotatable bonds is 9. The van der Waals surface area contributed by atoms with Crippen molar-refractivity contribution in [3.8, 4) is 5.75 Å². The first-order chi connectivity index (χ1) is 10.9. The minimum atomic E-state index is -0.176. The first kappa shape index (κ1) is 19.4. The molecule has 23 heavy (non-hydrogen) atoms. The third kappa shape index (κ3) is 9.20. The van der Waals surface area contributed by atoms with E-state index in [1.54, 1.807) is 0 Å². The van der Waals surface area contributed by atoms with Crippen molar-refractivity contribution in [2.75, 3.05) is 33.3 Å². The Labute approximate surface area is 145 Å². The summed E-state index contributed by atoms with van der Waals surface area (Å²) in [5.41, 5.74) is 0. The minimum absolute atomic E-state index is 0.0136. The summed E-state index contributed by atoms with van der Waals surface area (Å²) < 4.78 is 6.62. The molecule has 0 bridgehead atoms. The average molecular weight is 387 g/mol. The van der Waals surface area contributed by atoms with E-state index in [1.165, 1.54) is 0 Å². The van der Waals surface area contributed by atoms with Gasteiger partial charge in [-0.2, -0.15) is 0 Å². The molecule has 0 aromatic heterocycles. The standard InChI is InChI=1S/C16H24BrN3O3/c1-12(2)19-15(21)10-18-16(22)11-20(3)8-9-23-14-6-4-13(17)5-7-14/h4-7,12H,8-11H2,1-3H3,(H,18,22)(H,19,21)/p+1. The lowest BCUT2D eigenvalue weighted by molar-refractivity contribution is -0.871. The quantitative estimate of drug-likeness (QED) is 0.558. The van der Waals surface area contributed by atoms with Crippen LogP contribution in [0.3, 0.4) is 0 Å². The van der Waals surface area contributed by atoms with Crippen LogP contribution in [0.15, 0.2) is 28.7 Å². The van der Waals surface area contributed by atoms with E-state index in [4.69, 9.17) is 4.74 Å². The molecule has 1 rings (SSSR count). The second-order valence-electron chi connectivity index (χ2n) is 5.69. The van der Waals surface area contributed by atoms with E-state index in [0.717, 1.165) is 15.1 Å². The van der Waals surface area contributed by atoms with Crippen molar-refractivity contribution >= 4 is 27.7 Å². The Morgan fingerprint density at radius 1 is 1.22 bits per heavy atom. The molecule has 0 saturated carbocycles. The van der Waals surface area contributed by atoms with Gasteiger partial charge in [0, 0.05) is 10.5 Å². The van der Waals surface area contributed by atoms with E-state index in [1.807, 2.05) is 45.2 Å². The van der Waals surface area contributed by atoms with Gasteiger partial charge in [0.2, 0.25) is 5.91 Å². The number of carbonyl (C=O) groups excluding carboxylic acids is 2. The molecule has 1 atom stereocenters. The molecule has 0 spiro atoms. The highest BCUT2D eigenvalue weighted by Gasteiger charge is 2.11. The van der Waals surface area contributed by atoms with E-state index < -0.39 is 0 Å². The third-order valence-electron chi connectivity index (χ3n) is 2.97. The van der Waals surface area contributed by atoms with Crippen molar-refractivity contribution in [3.63, 3.8) is 0 Å². The summed E-state index contributed by atoms with van der Waals surface area (Å²) in [5.74, 6) is 0.477. The number of halogens is 1. The molecule has 0 saturated heterocycles. The highest BCUT2D eigenvalue weighted by molar-refractivity contribution is 9.10. The second-order valence-corrected chi connectivity index (χ2v) is 6.60. The number of likely N-dealkylation sites (N-methyl/N-ethyl adjacent to an activating group) is 1. The predicted molar refractivity (Wildman–Crippen MR) is 92.5 cm³/mol. The summed E-state index contributed by atoms with van der Waals surface area (Å²) >= 11 is 3.37. The molecule has 0 heterocycles. The fraction of sp³-hybridized carbons (Fsp3) is 0.500. The predicted octanol–water partition coefficient (Wildman–Crippen LogP) is -0.0166. The van der Waals surface area contributed by atoms with Crippen molar-refractivity contribution in [2.45, 2.75) is 19.9 Å². The van der Waals surface area contributed by atoms with Gasteiger partial charge in [-0.15, -0.1) is 0 Å². The normalized spacial score (nSPS) is 11.9. The van der Waals surface area contributed by atoms with Crippen molar-refractivity contribution in [1.29, 1.82) is 0 Å². The van der Waals surface area contributed by atoms with Gasteiger partial charge >= 0.3 is 0 Å². The number of quaternary nitrogens is 1. The van der Waals surface area contributed by atoms with Gasteiger partial charge in [-0.25, -0.2) is 0 Å². The molecule has 0 radical (unpaired) electrons. The van der Waals surface area contributed by atoms with Crippen LogP contribution in [-0.2, 0) is 9.59 Å². The zero-order valence-corrected chi connectivity index (χ0v) is 15.4. The van der Waals surface area contributed by atoms with Gasteiger partial charge in [-0.1, -0.05) is 15.9 Å². The Morgan fingerprint density at radius 2 is 1.87 bits per heavy atom. The summed E-state index contributed by atoms with van der Waals surface area (Å²) in [7, 11) is 1.92. The van der Waals surface area contributed by atoms with Crippen LogP contribution in [0.1, 0.15) is 13.8 Å². The molecular weight excluding hydrogens is 362 g/mol. The fourth-order valence-electron chi connectivity index (χ4n) is 1.85. The zero-order chi connectivity index (χ0) is 17.2. The van der Waals surface area contributed by atoms with Crippen LogP contribution in [0.25, 0.3) is 0 Å². The topological polar surface area (TPSA) is 71.9 Å². The van der Waals surface area contributed by atoms with Gasteiger partial charge in [-0.3, -0.25) is 9.59 Å². The Balaban J connectivity index is 2.17. The van der Waals surface area contributed by atoms with Crippen molar-refractivity contribution in [1.82, 2.24) is 10.6 Å². The van der Waals surface area contributed by atoms with Crippen LogP contribution >= 0.6 is 15.9 Å². The van der Waals surface area contributed by atoms with Gasteiger partial charge in [0.05, 0.1) is 13.6 Å². The summed E-state index contributed by atoms with van der Waals surface area (Å²) in [6, 6.07) is 7.69. The largest absolute Gasteiger partial charge is 0.488 e. The van der Waals surface area contributed by atoms with Gasteiger partial charge in [-0.05, 0) is 38.1 Å². The maximum Gasteiger partial charge on any atom is 0.275 e. The lowest BCUT2D eigenvalue weighted by atomic mass is 10.3. The molecule has 6 nitrogen and oxygen atoms in total. The molecule has 1 unspecified atom stereocenters. The average Bonchev–Trinajstić information content (AvgIpc) is 2.46. The molecule has 128 valence electrons. The van der Waals surface area contributed by atoms with E-state index in [0.29, 0.717) is 19.7 Å². The Kier molecular flexibility index (Phi) is 8.65. The van der Waals surface area contributed by atoms with Crippen LogP contribution < -0.4 is 20.3 Å². The lowest BCUT2D eigenvalue weighted by Gasteiger charge is -2.14. The molecule has 0 aliphatic heterocycles. The number of hydrogen-bond acceptors (Lipinski definition) is 3. The summed E-state index contributed by atoms with van der Waals surface area (Å²) in [4.78, 5) is 24.2. The molecule has 3 N–H and O–H groups in total. The number of nitrogens with one attached hydrogen (secondary N) is 3. The second kappa shape index (κ2) is 10.2. The first-order valence-corrected chi connectivity index (χ1v) is 8.42. The number of carbonyl (C=O) groups is 2. The maximum atomic E-state index is 11.8. The third-order valence-corrected chi connectivity index (χ3v) is 3.50. The zero-order valence-electron chi connectivity index (χ0n) is 13.8. The number of ether oxygens (including phenoxy) is 1. The Hall–Kier alpha value is -1.60. The van der Waals surface area contributed by atoms with Crippen molar-refractivity contribution in [3.05, 3.63) is 28.7 Å². The van der Waals surface area contributed by atoms with Gasteiger partial charge < -0.3 is 20.3 Å². The van der Waals surface area contributed by atoms with Gasteiger partial charge in [0.25, 0.3) is 5.91 Å². The molecule has 2 amide bonds. The van der Waals surface area contributed by atoms with E-state index in [2.05, 4.69) is 26.6 Å². The molecule has 1 aromatic rings. The number of amides is 2. The van der Waals surface area contributed by atoms with Crippen molar-refractivity contribution < 1.29 is 19.2 Å². The molecule has 7 heteroatoms. The highest BCUT2D eigenvalue weighted by Crippen LogP contribution is 2.15. The van der Waals surface area contributed by atoms with E-state index in [9.17, 15) is 9.59 Å². The van der Waals surface area contributed by atoms with Crippen LogP contribution in [0.2, 0.25) is 0 Å².